The number of nitrogens with one attached hydrogen (secondary N) is 3. The Morgan fingerprint density at radius 1 is 1.00 bits per heavy atom. The van der Waals surface area contributed by atoms with Gasteiger partial charge >= 0.3 is 0 Å². The second-order valence-corrected chi connectivity index (χ2v) is 4.62. The third-order valence-electron chi connectivity index (χ3n) is 3.04. The third kappa shape index (κ3) is 6.29. The van der Waals surface area contributed by atoms with Crippen LogP contribution < -0.4 is 16.0 Å². The average Bonchev–Trinajstić information content (AvgIpc) is 2.50. The second kappa shape index (κ2) is 9.80. The van der Waals surface area contributed by atoms with Crippen LogP contribution in [0, 0.1) is 0 Å². The van der Waals surface area contributed by atoms with Crippen LogP contribution in [0.3, 0.4) is 0 Å². The summed E-state index contributed by atoms with van der Waals surface area (Å²) in [7, 11) is 0. The molecule has 0 atom stereocenters. The molecule has 0 aliphatic carbocycles. The molecule has 116 valence electrons. The van der Waals surface area contributed by atoms with Crippen LogP contribution in [-0.2, 0) is 17.8 Å². The monoisotopic (exact) mass is 290 g/mol. The standard InChI is InChI=1S/C16H26N4O/c1-4-13-9-7-8-10-14(13)11-19-16(18-6-3)20-12-15(21)17-5-2/h7-10H,4-6,11-12H2,1-3H3,(H,17,21)(H2,18,19,20). The van der Waals surface area contributed by atoms with Crippen LogP contribution in [0.2, 0.25) is 0 Å². The zero-order valence-corrected chi connectivity index (χ0v) is 13.2. The summed E-state index contributed by atoms with van der Waals surface area (Å²) < 4.78 is 0. The fraction of sp³-hybridized carbons (Fsp3) is 0.500. The van der Waals surface area contributed by atoms with Gasteiger partial charge in [-0.25, -0.2) is 4.99 Å². The summed E-state index contributed by atoms with van der Waals surface area (Å²) >= 11 is 0. The van der Waals surface area contributed by atoms with Gasteiger partial charge in [-0.05, 0) is 31.4 Å². The number of guanidine groups is 1. The van der Waals surface area contributed by atoms with Crippen LogP contribution in [0.1, 0.15) is 31.9 Å². The Hall–Kier alpha value is -2.04. The predicted octanol–water partition coefficient (Wildman–Crippen LogP) is 1.44. The van der Waals surface area contributed by atoms with Crippen molar-refractivity contribution in [3.63, 3.8) is 0 Å². The Morgan fingerprint density at radius 2 is 1.67 bits per heavy atom. The van der Waals surface area contributed by atoms with Crippen LogP contribution in [0.25, 0.3) is 0 Å². The summed E-state index contributed by atoms with van der Waals surface area (Å²) in [5.74, 6) is 0.631. The molecular weight excluding hydrogens is 264 g/mol. The number of rotatable bonds is 7. The summed E-state index contributed by atoms with van der Waals surface area (Å²) in [6, 6.07) is 8.29. The second-order valence-electron chi connectivity index (χ2n) is 4.62. The van der Waals surface area contributed by atoms with Crippen LogP contribution in [0.4, 0.5) is 0 Å². The number of benzene rings is 1. The first-order chi connectivity index (χ1) is 10.2. The Labute approximate surface area is 127 Å². The van der Waals surface area contributed by atoms with Crippen molar-refractivity contribution < 1.29 is 4.79 Å². The SMILES string of the molecule is CCNC(=O)CNC(=NCc1ccccc1CC)NCC. The summed E-state index contributed by atoms with van der Waals surface area (Å²) in [4.78, 5) is 16.0. The van der Waals surface area contributed by atoms with E-state index in [-0.39, 0.29) is 12.5 Å². The van der Waals surface area contributed by atoms with Crippen LogP contribution in [0.5, 0.6) is 0 Å². The van der Waals surface area contributed by atoms with Crippen molar-refractivity contribution in [2.45, 2.75) is 33.7 Å². The molecule has 1 rings (SSSR count). The van der Waals surface area contributed by atoms with Crippen molar-refractivity contribution in [3.05, 3.63) is 35.4 Å². The van der Waals surface area contributed by atoms with Gasteiger partial charge in [0.15, 0.2) is 5.96 Å². The van der Waals surface area contributed by atoms with Crippen molar-refractivity contribution >= 4 is 11.9 Å². The van der Waals surface area contributed by atoms with E-state index in [0.717, 1.165) is 13.0 Å². The molecule has 5 heteroatoms. The van der Waals surface area contributed by atoms with Gasteiger partial charge in [0.05, 0.1) is 13.1 Å². The van der Waals surface area contributed by atoms with Gasteiger partial charge in [0.1, 0.15) is 0 Å². The van der Waals surface area contributed by atoms with E-state index in [1.807, 2.05) is 26.0 Å². The van der Waals surface area contributed by atoms with E-state index in [1.165, 1.54) is 11.1 Å². The molecule has 0 fully saturated rings. The molecule has 0 unspecified atom stereocenters. The van der Waals surface area contributed by atoms with Crippen molar-refractivity contribution in [1.82, 2.24) is 16.0 Å². The van der Waals surface area contributed by atoms with Gasteiger partial charge in [-0.3, -0.25) is 4.79 Å². The minimum absolute atomic E-state index is 0.0305. The van der Waals surface area contributed by atoms with Gasteiger partial charge in [0.2, 0.25) is 5.91 Å². The van der Waals surface area contributed by atoms with E-state index in [9.17, 15) is 4.79 Å². The highest BCUT2D eigenvalue weighted by molar-refractivity contribution is 5.86. The molecule has 1 aromatic carbocycles. The summed E-state index contributed by atoms with van der Waals surface area (Å²) in [5, 5.41) is 8.94. The zero-order valence-electron chi connectivity index (χ0n) is 13.2. The van der Waals surface area contributed by atoms with Crippen molar-refractivity contribution in [2.24, 2.45) is 4.99 Å². The maximum Gasteiger partial charge on any atom is 0.239 e. The van der Waals surface area contributed by atoms with E-state index >= 15 is 0 Å². The normalized spacial score (nSPS) is 11.1. The van der Waals surface area contributed by atoms with E-state index in [4.69, 9.17) is 0 Å². The number of hydrogen-bond acceptors (Lipinski definition) is 2. The molecule has 5 nitrogen and oxygen atoms in total. The van der Waals surface area contributed by atoms with E-state index in [0.29, 0.717) is 19.0 Å². The van der Waals surface area contributed by atoms with Gasteiger partial charge in [-0.15, -0.1) is 0 Å². The van der Waals surface area contributed by atoms with Crippen LogP contribution >= 0.6 is 0 Å². The quantitative estimate of drug-likeness (QED) is 0.526. The predicted molar refractivity (Wildman–Crippen MR) is 87.3 cm³/mol. The van der Waals surface area contributed by atoms with E-state index < -0.39 is 0 Å². The van der Waals surface area contributed by atoms with Crippen molar-refractivity contribution in [1.29, 1.82) is 0 Å². The lowest BCUT2D eigenvalue weighted by atomic mass is 10.1. The number of amides is 1. The number of nitrogens with zero attached hydrogens (tertiary/aromatic N) is 1. The highest BCUT2D eigenvalue weighted by Gasteiger charge is 2.03. The number of aryl methyl sites for hydroxylation is 1. The Balaban J connectivity index is 2.64. The fourth-order valence-corrected chi connectivity index (χ4v) is 1.99. The summed E-state index contributed by atoms with van der Waals surface area (Å²) in [6.45, 7) is 8.28. The number of carbonyl (C=O) groups is 1. The smallest absolute Gasteiger partial charge is 0.239 e. The Kier molecular flexibility index (Phi) is 7.94. The minimum atomic E-state index is -0.0305. The topological polar surface area (TPSA) is 65.5 Å². The maximum absolute atomic E-state index is 11.5. The Bertz CT molecular complexity index is 471. The number of aliphatic imine (C=N–C) groups is 1. The van der Waals surface area contributed by atoms with Gasteiger partial charge in [0, 0.05) is 13.1 Å². The number of carbonyl (C=O) groups excluding carboxylic acids is 1. The zero-order chi connectivity index (χ0) is 15.5. The molecule has 0 saturated carbocycles. The number of hydrogen-bond donors (Lipinski definition) is 3. The van der Waals surface area contributed by atoms with E-state index in [2.05, 4.69) is 40.0 Å². The fourth-order valence-electron chi connectivity index (χ4n) is 1.99. The van der Waals surface area contributed by atoms with Gasteiger partial charge < -0.3 is 16.0 Å². The molecule has 0 saturated heterocycles. The highest BCUT2D eigenvalue weighted by atomic mass is 16.1. The lowest BCUT2D eigenvalue weighted by Gasteiger charge is -2.12. The molecule has 0 radical (unpaired) electrons. The molecule has 0 aromatic heterocycles. The molecule has 0 heterocycles. The largest absolute Gasteiger partial charge is 0.357 e. The molecule has 21 heavy (non-hydrogen) atoms. The lowest BCUT2D eigenvalue weighted by Crippen LogP contribution is -2.43. The van der Waals surface area contributed by atoms with Gasteiger partial charge in [-0.2, -0.15) is 0 Å². The minimum Gasteiger partial charge on any atom is -0.357 e. The maximum atomic E-state index is 11.5. The van der Waals surface area contributed by atoms with Crippen molar-refractivity contribution in [2.75, 3.05) is 19.6 Å². The molecule has 0 spiro atoms. The first-order valence-corrected chi connectivity index (χ1v) is 7.56. The van der Waals surface area contributed by atoms with E-state index in [1.54, 1.807) is 0 Å². The summed E-state index contributed by atoms with van der Waals surface area (Å²) in [6.07, 6.45) is 0.995. The molecule has 0 aliphatic heterocycles. The first-order valence-electron chi connectivity index (χ1n) is 7.56. The van der Waals surface area contributed by atoms with Crippen LogP contribution in [-0.4, -0.2) is 31.5 Å². The molecule has 1 amide bonds. The molecular formula is C16H26N4O. The average molecular weight is 290 g/mol. The number of likely N-dealkylation sites (N-methyl/N-ethyl adjacent to an activating group) is 1. The first kappa shape index (κ1) is 17.0. The van der Waals surface area contributed by atoms with Crippen LogP contribution in [0.15, 0.2) is 29.3 Å². The molecule has 0 bridgehead atoms. The molecule has 0 aliphatic rings. The molecule has 3 N–H and O–H groups in total. The Morgan fingerprint density at radius 3 is 2.29 bits per heavy atom. The summed E-state index contributed by atoms with van der Waals surface area (Å²) in [5.41, 5.74) is 2.52. The van der Waals surface area contributed by atoms with Gasteiger partial charge in [-0.1, -0.05) is 31.2 Å². The lowest BCUT2D eigenvalue weighted by molar-refractivity contribution is -0.119. The third-order valence-corrected chi connectivity index (χ3v) is 3.04. The van der Waals surface area contributed by atoms with Gasteiger partial charge in [0.25, 0.3) is 0 Å². The molecule has 1 aromatic rings. The highest BCUT2D eigenvalue weighted by Crippen LogP contribution is 2.10. The van der Waals surface area contributed by atoms with Crippen molar-refractivity contribution in [3.8, 4) is 0 Å².